The summed E-state index contributed by atoms with van der Waals surface area (Å²) in [6, 6.07) is 13.4. The number of rotatable bonds is 6. The van der Waals surface area contributed by atoms with Crippen molar-refractivity contribution in [3.05, 3.63) is 72.6 Å². The summed E-state index contributed by atoms with van der Waals surface area (Å²) >= 11 is 0. The Hall–Kier alpha value is -3.22. The predicted molar refractivity (Wildman–Crippen MR) is 89.8 cm³/mol. The number of halogens is 1. The molecule has 0 radical (unpaired) electrons. The fraction of sp³-hybridized carbons (Fsp3) is 0.167. The van der Waals surface area contributed by atoms with Crippen LogP contribution in [0.25, 0.3) is 5.69 Å². The van der Waals surface area contributed by atoms with Crippen LogP contribution in [0, 0.1) is 5.82 Å². The molecular formula is C18H17FN4O2. The normalized spacial score (nSPS) is 11.8. The second-order valence-electron chi connectivity index (χ2n) is 5.44. The molecule has 0 aliphatic rings. The van der Waals surface area contributed by atoms with Crippen molar-refractivity contribution in [2.75, 3.05) is 6.61 Å². The van der Waals surface area contributed by atoms with E-state index in [0.29, 0.717) is 0 Å². The lowest BCUT2D eigenvalue weighted by Crippen LogP contribution is -2.31. The van der Waals surface area contributed by atoms with Crippen LogP contribution in [0.5, 0.6) is 5.75 Å². The van der Waals surface area contributed by atoms with E-state index in [9.17, 15) is 9.18 Å². The molecule has 0 unspecified atom stereocenters. The van der Waals surface area contributed by atoms with E-state index in [0.717, 1.165) is 11.3 Å². The highest BCUT2D eigenvalue weighted by Crippen LogP contribution is 2.16. The summed E-state index contributed by atoms with van der Waals surface area (Å²) in [5, 5.41) is 6.88. The molecular weight excluding hydrogens is 323 g/mol. The average Bonchev–Trinajstić information content (AvgIpc) is 3.16. The van der Waals surface area contributed by atoms with Gasteiger partial charge in [-0.05, 0) is 36.8 Å². The van der Waals surface area contributed by atoms with Crippen LogP contribution in [-0.4, -0.2) is 27.3 Å². The largest absolute Gasteiger partial charge is 0.481 e. The Morgan fingerprint density at radius 1 is 1.24 bits per heavy atom. The van der Waals surface area contributed by atoms with Gasteiger partial charge in [-0.2, -0.15) is 5.10 Å². The summed E-state index contributed by atoms with van der Waals surface area (Å²) in [7, 11) is 0. The quantitative estimate of drug-likeness (QED) is 0.749. The Kier molecular flexibility index (Phi) is 5.03. The number of hydrogen-bond donors (Lipinski definition) is 1. The molecule has 2 aromatic carbocycles. The van der Waals surface area contributed by atoms with Gasteiger partial charge in [-0.15, -0.1) is 0 Å². The van der Waals surface area contributed by atoms with Gasteiger partial charge in [-0.1, -0.05) is 24.3 Å². The highest BCUT2D eigenvalue weighted by Gasteiger charge is 2.11. The van der Waals surface area contributed by atoms with E-state index in [1.54, 1.807) is 23.1 Å². The molecule has 1 heterocycles. The van der Waals surface area contributed by atoms with E-state index in [1.807, 2.05) is 31.2 Å². The summed E-state index contributed by atoms with van der Waals surface area (Å²) in [5.41, 5.74) is 1.81. The van der Waals surface area contributed by atoms with Gasteiger partial charge in [0.1, 0.15) is 12.7 Å². The lowest BCUT2D eigenvalue weighted by Gasteiger charge is -2.15. The first-order valence-electron chi connectivity index (χ1n) is 7.75. The molecule has 0 aliphatic heterocycles. The minimum Gasteiger partial charge on any atom is -0.481 e. The minimum absolute atomic E-state index is 0.0579. The SMILES string of the molecule is C[C@@H](NC(=O)COc1ccccc1F)c1ccc(-n2cncn2)cc1. The maximum atomic E-state index is 13.5. The number of aromatic nitrogens is 3. The summed E-state index contributed by atoms with van der Waals surface area (Å²) < 4.78 is 20.3. The fourth-order valence-corrected chi connectivity index (χ4v) is 2.33. The van der Waals surface area contributed by atoms with Crippen LogP contribution in [0.4, 0.5) is 4.39 Å². The lowest BCUT2D eigenvalue weighted by atomic mass is 10.1. The van der Waals surface area contributed by atoms with Crippen molar-refractivity contribution in [2.45, 2.75) is 13.0 Å². The molecule has 6 nitrogen and oxygen atoms in total. The van der Waals surface area contributed by atoms with Crippen molar-refractivity contribution >= 4 is 5.91 Å². The molecule has 7 heteroatoms. The van der Waals surface area contributed by atoms with Crippen LogP contribution < -0.4 is 10.1 Å². The van der Waals surface area contributed by atoms with Crippen molar-refractivity contribution in [3.8, 4) is 11.4 Å². The summed E-state index contributed by atoms with van der Waals surface area (Å²) in [4.78, 5) is 15.9. The van der Waals surface area contributed by atoms with Crippen LogP contribution in [0.15, 0.2) is 61.2 Å². The van der Waals surface area contributed by atoms with Gasteiger partial charge in [0.05, 0.1) is 11.7 Å². The second kappa shape index (κ2) is 7.57. The van der Waals surface area contributed by atoms with E-state index in [-0.39, 0.29) is 24.3 Å². The Labute approximate surface area is 144 Å². The standard InChI is InChI=1S/C18H17FN4O2/c1-13(14-6-8-15(9-7-14)23-12-20-11-21-23)22-18(24)10-25-17-5-3-2-4-16(17)19/h2-9,11-13H,10H2,1H3,(H,22,24)/t13-/m1/s1. The van der Waals surface area contributed by atoms with Crippen molar-refractivity contribution in [2.24, 2.45) is 0 Å². The highest BCUT2D eigenvalue weighted by atomic mass is 19.1. The van der Waals surface area contributed by atoms with Crippen LogP contribution >= 0.6 is 0 Å². The predicted octanol–water partition coefficient (Wildman–Crippen LogP) is 2.66. The molecule has 0 fully saturated rings. The molecule has 3 rings (SSSR count). The van der Waals surface area contributed by atoms with Crippen LogP contribution in [0.3, 0.4) is 0 Å². The van der Waals surface area contributed by atoms with Gasteiger partial charge in [0.15, 0.2) is 18.2 Å². The van der Waals surface area contributed by atoms with Gasteiger partial charge < -0.3 is 10.1 Å². The third-order valence-corrected chi connectivity index (χ3v) is 3.65. The Bertz CT molecular complexity index is 835. The van der Waals surface area contributed by atoms with Crippen molar-refractivity contribution < 1.29 is 13.9 Å². The smallest absolute Gasteiger partial charge is 0.258 e. The first-order chi connectivity index (χ1) is 12.1. The second-order valence-corrected chi connectivity index (χ2v) is 5.44. The summed E-state index contributed by atoms with van der Waals surface area (Å²) in [6.45, 7) is 1.62. The molecule has 3 aromatic rings. The molecule has 25 heavy (non-hydrogen) atoms. The van der Waals surface area contributed by atoms with Gasteiger partial charge in [0.25, 0.3) is 5.91 Å². The number of para-hydroxylation sites is 1. The number of carbonyl (C=O) groups is 1. The number of ether oxygens (including phenoxy) is 1. The van der Waals surface area contributed by atoms with Crippen molar-refractivity contribution in [3.63, 3.8) is 0 Å². The zero-order valence-corrected chi connectivity index (χ0v) is 13.6. The fourth-order valence-electron chi connectivity index (χ4n) is 2.33. The van der Waals surface area contributed by atoms with Gasteiger partial charge in [-0.25, -0.2) is 14.1 Å². The average molecular weight is 340 g/mol. The van der Waals surface area contributed by atoms with Crippen LogP contribution in [0.1, 0.15) is 18.5 Å². The monoisotopic (exact) mass is 340 g/mol. The van der Waals surface area contributed by atoms with Gasteiger partial charge in [-0.3, -0.25) is 4.79 Å². The summed E-state index contributed by atoms with van der Waals surface area (Å²) in [6.07, 6.45) is 3.08. The van der Waals surface area contributed by atoms with E-state index in [2.05, 4.69) is 15.4 Å². The number of nitrogens with one attached hydrogen (secondary N) is 1. The zero-order chi connectivity index (χ0) is 17.6. The van der Waals surface area contributed by atoms with E-state index in [4.69, 9.17) is 4.74 Å². The Balaban J connectivity index is 1.55. The molecule has 1 aromatic heterocycles. The number of hydrogen-bond acceptors (Lipinski definition) is 4. The lowest BCUT2D eigenvalue weighted by molar-refractivity contribution is -0.123. The maximum Gasteiger partial charge on any atom is 0.258 e. The number of carbonyl (C=O) groups excluding carboxylic acids is 1. The van der Waals surface area contributed by atoms with E-state index >= 15 is 0 Å². The van der Waals surface area contributed by atoms with Gasteiger partial charge >= 0.3 is 0 Å². The van der Waals surface area contributed by atoms with E-state index in [1.165, 1.54) is 18.5 Å². The number of benzene rings is 2. The van der Waals surface area contributed by atoms with E-state index < -0.39 is 5.82 Å². The number of amides is 1. The topological polar surface area (TPSA) is 69.0 Å². The first-order valence-corrected chi connectivity index (χ1v) is 7.75. The van der Waals surface area contributed by atoms with Crippen LogP contribution in [-0.2, 0) is 4.79 Å². The minimum atomic E-state index is -0.493. The molecule has 0 bridgehead atoms. The molecule has 1 atom stereocenters. The molecule has 0 aliphatic carbocycles. The summed E-state index contributed by atoms with van der Waals surface area (Å²) in [5.74, 6) is -0.759. The van der Waals surface area contributed by atoms with Gasteiger partial charge in [0.2, 0.25) is 0 Å². The molecule has 1 N–H and O–H groups in total. The molecule has 1 amide bonds. The molecule has 0 saturated carbocycles. The first kappa shape index (κ1) is 16.6. The van der Waals surface area contributed by atoms with Crippen LogP contribution in [0.2, 0.25) is 0 Å². The highest BCUT2D eigenvalue weighted by molar-refractivity contribution is 5.78. The van der Waals surface area contributed by atoms with Crippen molar-refractivity contribution in [1.82, 2.24) is 20.1 Å². The zero-order valence-electron chi connectivity index (χ0n) is 13.6. The Morgan fingerprint density at radius 3 is 2.68 bits per heavy atom. The van der Waals surface area contributed by atoms with Crippen molar-refractivity contribution in [1.29, 1.82) is 0 Å². The third-order valence-electron chi connectivity index (χ3n) is 3.65. The maximum absolute atomic E-state index is 13.5. The molecule has 0 saturated heterocycles. The van der Waals surface area contributed by atoms with Gasteiger partial charge in [0, 0.05) is 0 Å². The molecule has 0 spiro atoms. The third kappa shape index (κ3) is 4.20. The number of nitrogens with zero attached hydrogens (tertiary/aromatic N) is 3. The Morgan fingerprint density at radius 2 is 2.00 bits per heavy atom. The molecule has 128 valence electrons.